The quantitative estimate of drug-likeness (QED) is 0.870. The Kier molecular flexibility index (Phi) is 4.77. The number of nitrogens with zero attached hydrogens (tertiary/aromatic N) is 3. The van der Waals surface area contributed by atoms with Gasteiger partial charge in [0.2, 0.25) is 5.91 Å². The molecule has 0 spiro atoms. The molecule has 1 N–H and O–H groups in total. The molecule has 3 heterocycles. The first kappa shape index (κ1) is 18.3. The number of nitrogens with one attached hydrogen (secondary N) is 1. The Morgan fingerprint density at radius 3 is 2.61 bits per heavy atom. The van der Waals surface area contributed by atoms with Crippen molar-refractivity contribution < 1.29 is 4.79 Å². The number of carbonyl (C=O) groups is 1. The van der Waals surface area contributed by atoms with Gasteiger partial charge in [-0.1, -0.05) is 6.92 Å². The first-order valence-electron chi connectivity index (χ1n) is 11.3. The van der Waals surface area contributed by atoms with E-state index in [1.54, 1.807) is 0 Å². The van der Waals surface area contributed by atoms with Gasteiger partial charge in [0.05, 0.1) is 17.3 Å². The van der Waals surface area contributed by atoms with E-state index >= 15 is 0 Å². The number of hydrogen-bond donors (Lipinski definition) is 1. The summed E-state index contributed by atoms with van der Waals surface area (Å²) in [6.07, 6.45) is 9.90. The van der Waals surface area contributed by atoms with Gasteiger partial charge in [0.25, 0.3) is 5.56 Å². The molecule has 2 aliphatic carbocycles. The van der Waals surface area contributed by atoms with Crippen LogP contribution in [0.2, 0.25) is 0 Å². The second-order valence-corrected chi connectivity index (χ2v) is 9.47. The Balaban J connectivity index is 1.35. The van der Waals surface area contributed by atoms with Crippen molar-refractivity contribution in [3.05, 3.63) is 27.4 Å². The molecule has 4 aliphatic rings. The molecule has 6 nitrogen and oxygen atoms in total. The van der Waals surface area contributed by atoms with Crippen LogP contribution in [-0.4, -0.2) is 44.8 Å². The van der Waals surface area contributed by atoms with Crippen LogP contribution in [0.25, 0.3) is 0 Å². The molecule has 1 saturated heterocycles. The molecule has 1 amide bonds. The second kappa shape index (κ2) is 7.29. The van der Waals surface area contributed by atoms with Gasteiger partial charge in [-0.15, -0.1) is 0 Å². The smallest absolute Gasteiger partial charge is 0.255 e. The minimum atomic E-state index is -0.0380. The molecule has 6 heteroatoms. The average molecular weight is 385 g/mol. The van der Waals surface area contributed by atoms with Crippen LogP contribution in [0.5, 0.6) is 0 Å². The van der Waals surface area contributed by atoms with Crippen molar-refractivity contribution in [2.75, 3.05) is 13.1 Å². The van der Waals surface area contributed by atoms with E-state index in [4.69, 9.17) is 4.98 Å². The van der Waals surface area contributed by atoms with E-state index in [1.165, 1.54) is 25.7 Å². The van der Waals surface area contributed by atoms with Crippen molar-refractivity contribution >= 4 is 5.91 Å². The Morgan fingerprint density at radius 1 is 1.07 bits per heavy atom. The van der Waals surface area contributed by atoms with Crippen molar-refractivity contribution in [1.29, 1.82) is 0 Å². The molecule has 0 bridgehead atoms. The van der Waals surface area contributed by atoms with Gasteiger partial charge < -0.3 is 9.88 Å². The number of rotatable bonds is 3. The summed E-state index contributed by atoms with van der Waals surface area (Å²) >= 11 is 0. The summed E-state index contributed by atoms with van der Waals surface area (Å²) in [6.45, 7) is 4.87. The summed E-state index contributed by atoms with van der Waals surface area (Å²) in [5, 5.41) is 0. The van der Waals surface area contributed by atoms with E-state index < -0.39 is 0 Å². The van der Waals surface area contributed by atoms with Crippen molar-refractivity contribution in [2.45, 2.75) is 83.3 Å². The maximum Gasteiger partial charge on any atom is 0.255 e. The van der Waals surface area contributed by atoms with Gasteiger partial charge in [0, 0.05) is 38.0 Å². The molecular formula is C22H32N4O2. The first-order valence-corrected chi connectivity index (χ1v) is 11.3. The van der Waals surface area contributed by atoms with Gasteiger partial charge in [-0.3, -0.25) is 14.5 Å². The molecule has 3 fully saturated rings. The lowest BCUT2D eigenvalue weighted by Gasteiger charge is -2.38. The SMILES string of the molecule is CC1CCC(N2CCc3nc([C@@H]4CCCN4C(=O)C4CC4)[nH]c(=O)c3C2)CC1. The summed E-state index contributed by atoms with van der Waals surface area (Å²) in [5.41, 5.74) is 1.83. The van der Waals surface area contributed by atoms with Crippen LogP contribution >= 0.6 is 0 Å². The van der Waals surface area contributed by atoms with Crippen LogP contribution in [0, 0.1) is 11.8 Å². The summed E-state index contributed by atoms with van der Waals surface area (Å²) in [6, 6.07) is 0.578. The topological polar surface area (TPSA) is 69.3 Å². The minimum absolute atomic E-state index is 0.0135. The van der Waals surface area contributed by atoms with Crippen molar-refractivity contribution in [1.82, 2.24) is 19.8 Å². The van der Waals surface area contributed by atoms with Crippen LogP contribution in [-0.2, 0) is 17.8 Å². The zero-order valence-corrected chi connectivity index (χ0v) is 17.0. The molecule has 0 aromatic carbocycles. The predicted molar refractivity (Wildman–Crippen MR) is 107 cm³/mol. The van der Waals surface area contributed by atoms with E-state index in [-0.39, 0.29) is 23.4 Å². The van der Waals surface area contributed by atoms with Gasteiger partial charge >= 0.3 is 0 Å². The molecule has 0 unspecified atom stereocenters. The maximum atomic E-state index is 12.9. The standard InChI is InChI=1S/C22H32N4O2/c1-14-4-8-16(9-5-14)25-12-10-18-17(13-25)21(27)24-20(23-18)19-3-2-11-26(19)22(28)15-6-7-15/h14-16,19H,2-13H2,1H3,(H,23,24,27)/t14?,16?,19-/m0/s1. The van der Waals surface area contributed by atoms with Crippen LogP contribution in [0.15, 0.2) is 4.79 Å². The largest absolute Gasteiger partial charge is 0.332 e. The number of carbonyl (C=O) groups excluding carboxylic acids is 1. The number of H-pyrrole nitrogens is 1. The molecule has 152 valence electrons. The third kappa shape index (κ3) is 3.40. The summed E-state index contributed by atoms with van der Waals surface area (Å²) in [4.78, 5) is 37.9. The Hall–Kier alpha value is -1.69. The zero-order chi connectivity index (χ0) is 19.3. The highest BCUT2D eigenvalue weighted by Gasteiger charge is 2.40. The summed E-state index contributed by atoms with van der Waals surface area (Å²) in [7, 11) is 0. The average Bonchev–Trinajstić information content (AvgIpc) is 3.44. The lowest BCUT2D eigenvalue weighted by atomic mass is 9.86. The number of likely N-dealkylation sites (tertiary alicyclic amines) is 1. The predicted octanol–water partition coefficient (Wildman–Crippen LogP) is 2.78. The van der Waals surface area contributed by atoms with E-state index in [0.717, 1.165) is 74.7 Å². The first-order chi connectivity index (χ1) is 13.6. The molecule has 2 aliphatic heterocycles. The van der Waals surface area contributed by atoms with Gasteiger partial charge in [-0.2, -0.15) is 0 Å². The van der Waals surface area contributed by atoms with Gasteiger partial charge in [-0.05, 0) is 57.3 Å². The molecular weight excluding hydrogens is 352 g/mol. The van der Waals surface area contributed by atoms with Crippen molar-refractivity contribution in [3.63, 3.8) is 0 Å². The maximum absolute atomic E-state index is 12.9. The van der Waals surface area contributed by atoms with Crippen molar-refractivity contribution in [3.8, 4) is 0 Å². The van der Waals surface area contributed by atoms with Crippen LogP contribution < -0.4 is 5.56 Å². The Morgan fingerprint density at radius 2 is 1.86 bits per heavy atom. The third-order valence-corrected chi connectivity index (χ3v) is 7.40. The molecule has 28 heavy (non-hydrogen) atoms. The second-order valence-electron chi connectivity index (χ2n) is 9.47. The highest BCUT2D eigenvalue weighted by molar-refractivity contribution is 5.81. The van der Waals surface area contributed by atoms with E-state index in [9.17, 15) is 9.59 Å². The zero-order valence-electron chi connectivity index (χ0n) is 17.0. The fourth-order valence-corrected chi connectivity index (χ4v) is 5.42. The lowest BCUT2D eigenvalue weighted by molar-refractivity contribution is -0.133. The van der Waals surface area contributed by atoms with Gasteiger partial charge in [0.15, 0.2) is 0 Å². The highest BCUT2D eigenvalue weighted by Crippen LogP contribution is 2.38. The van der Waals surface area contributed by atoms with Gasteiger partial charge in [0.1, 0.15) is 5.82 Å². The normalized spacial score (nSPS) is 31.0. The number of fused-ring (bicyclic) bond motifs is 1. The van der Waals surface area contributed by atoms with E-state index in [0.29, 0.717) is 6.04 Å². The molecule has 1 aromatic rings. The fraction of sp³-hybridized carbons (Fsp3) is 0.773. The lowest BCUT2D eigenvalue weighted by Crippen LogP contribution is -2.44. The van der Waals surface area contributed by atoms with Crippen LogP contribution in [0.1, 0.15) is 81.4 Å². The number of aromatic amines is 1. The number of aromatic nitrogens is 2. The summed E-state index contributed by atoms with van der Waals surface area (Å²) < 4.78 is 0. The summed E-state index contributed by atoms with van der Waals surface area (Å²) in [5.74, 6) is 2.04. The fourth-order valence-electron chi connectivity index (χ4n) is 5.42. The molecule has 1 aromatic heterocycles. The third-order valence-electron chi connectivity index (χ3n) is 7.40. The Labute approximate surface area is 166 Å². The van der Waals surface area contributed by atoms with E-state index in [1.807, 2.05) is 4.90 Å². The molecule has 2 saturated carbocycles. The molecule has 5 rings (SSSR count). The van der Waals surface area contributed by atoms with Crippen LogP contribution in [0.4, 0.5) is 0 Å². The van der Waals surface area contributed by atoms with Gasteiger partial charge in [-0.25, -0.2) is 4.98 Å². The highest BCUT2D eigenvalue weighted by atomic mass is 16.2. The molecule has 0 radical (unpaired) electrons. The minimum Gasteiger partial charge on any atom is -0.332 e. The van der Waals surface area contributed by atoms with Crippen LogP contribution in [0.3, 0.4) is 0 Å². The van der Waals surface area contributed by atoms with Crippen molar-refractivity contribution in [2.24, 2.45) is 11.8 Å². The Bertz CT molecular complexity index is 807. The molecule has 1 atom stereocenters. The number of hydrogen-bond acceptors (Lipinski definition) is 4. The number of amides is 1. The van der Waals surface area contributed by atoms with E-state index in [2.05, 4.69) is 16.8 Å². The monoisotopic (exact) mass is 384 g/mol.